The average molecular weight is 478 g/mol. The normalized spacial score (nSPS) is 18.3. The van der Waals surface area contributed by atoms with Crippen LogP contribution in [0.1, 0.15) is 24.9 Å². The Morgan fingerprint density at radius 1 is 1.03 bits per heavy atom. The van der Waals surface area contributed by atoms with Gasteiger partial charge in [0.05, 0.1) is 29.5 Å². The van der Waals surface area contributed by atoms with Crippen LogP contribution in [0.3, 0.4) is 0 Å². The van der Waals surface area contributed by atoms with Crippen molar-refractivity contribution in [3.63, 3.8) is 0 Å². The van der Waals surface area contributed by atoms with E-state index < -0.39 is 23.9 Å². The quantitative estimate of drug-likeness (QED) is 0.449. The number of nitrogens with one attached hydrogen (secondary N) is 1. The Morgan fingerprint density at radius 3 is 2.40 bits per heavy atom. The van der Waals surface area contributed by atoms with Crippen LogP contribution in [-0.2, 0) is 9.59 Å². The average Bonchev–Trinajstić information content (AvgIpc) is 3.39. The molecule has 1 fully saturated rings. The van der Waals surface area contributed by atoms with Crippen LogP contribution in [0.15, 0.2) is 79.0 Å². The third kappa shape index (κ3) is 4.25. The molecule has 0 saturated carbocycles. The largest absolute Gasteiger partial charge is 0.345 e. The van der Waals surface area contributed by atoms with Crippen LogP contribution in [-0.4, -0.2) is 33.6 Å². The van der Waals surface area contributed by atoms with Crippen molar-refractivity contribution >= 4 is 28.4 Å². The zero-order valence-electron chi connectivity index (χ0n) is 18.7. The van der Waals surface area contributed by atoms with Gasteiger partial charge >= 0.3 is 5.92 Å². The second-order valence-electron chi connectivity index (χ2n) is 8.57. The van der Waals surface area contributed by atoms with Gasteiger partial charge in [-0.2, -0.15) is 13.9 Å². The number of halogens is 3. The van der Waals surface area contributed by atoms with Crippen molar-refractivity contribution in [1.29, 1.82) is 0 Å². The van der Waals surface area contributed by atoms with E-state index >= 15 is 0 Å². The number of rotatable bonds is 5. The van der Waals surface area contributed by atoms with E-state index in [0.29, 0.717) is 23.9 Å². The van der Waals surface area contributed by atoms with E-state index in [4.69, 9.17) is 0 Å². The zero-order chi connectivity index (χ0) is 24.7. The lowest BCUT2D eigenvalue weighted by molar-refractivity contribution is -0.143. The zero-order valence-corrected chi connectivity index (χ0v) is 18.7. The second-order valence-corrected chi connectivity index (χ2v) is 8.57. The standard InChI is InChI=1S/C26H21F3N4O2/c1-26(28,29)25(35)31-21-14-23(34)32(24(21)16-5-3-2-4-6-16)20-11-12-22-17(13-20)15-30-33(22)19-9-7-18(27)8-10-19/h2-13,15,21,24H,14H2,1H3,(H,31,35). The van der Waals surface area contributed by atoms with Crippen molar-refractivity contribution < 1.29 is 22.8 Å². The van der Waals surface area contributed by atoms with Crippen LogP contribution in [0.25, 0.3) is 16.6 Å². The number of aromatic nitrogens is 2. The molecule has 3 aromatic carbocycles. The molecule has 4 aromatic rings. The van der Waals surface area contributed by atoms with E-state index in [9.17, 15) is 22.8 Å². The first-order valence-corrected chi connectivity index (χ1v) is 11.0. The molecule has 2 heterocycles. The fraction of sp³-hybridized carbons (Fsp3) is 0.192. The minimum Gasteiger partial charge on any atom is -0.345 e. The molecule has 1 aliphatic heterocycles. The fourth-order valence-electron chi connectivity index (χ4n) is 4.45. The molecule has 178 valence electrons. The van der Waals surface area contributed by atoms with Crippen molar-refractivity contribution in [2.45, 2.75) is 31.4 Å². The van der Waals surface area contributed by atoms with E-state index in [-0.39, 0.29) is 18.1 Å². The maximum absolute atomic E-state index is 13.6. The maximum Gasteiger partial charge on any atom is 0.321 e. The molecule has 0 spiro atoms. The van der Waals surface area contributed by atoms with Gasteiger partial charge in [-0.1, -0.05) is 30.3 Å². The Morgan fingerprint density at radius 2 is 1.71 bits per heavy atom. The summed E-state index contributed by atoms with van der Waals surface area (Å²) in [4.78, 5) is 26.7. The number of anilines is 1. The van der Waals surface area contributed by atoms with Crippen molar-refractivity contribution in [3.8, 4) is 5.69 Å². The summed E-state index contributed by atoms with van der Waals surface area (Å²) in [5.74, 6) is -5.64. The smallest absolute Gasteiger partial charge is 0.321 e. The van der Waals surface area contributed by atoms with Gasteiger partial charge in [0.15, 0.2) is 0 Å². The number of alkyl halides is 2. The number of hydrogen-bond donors (Lipinski definition) is 1. The summed E-state index contributed by atoms with van der Waals surface area (Å²) >= 11 is 0. The first kappa shape index (κ1) is 22.6. The van der Waals surface area contributed by atoms with Gasteiger partial charge in [0, 0.05) is 24.4 Å². The van der Waals surface area contributed by atoms with Crippen LogP contribution >= 0.6 is 0 Å². The first-order chi connectivity index (χ1) is 16.7. The summed E-state index contributed by atoms with van der Waals surface area (Å²) in [7, 11) is 0. The summed E-state index contributed by atoms with van der Waals surface area (Å²) in [5, 5.41) is 7.49. The monoisotopic (exact) mass is 478 g/mol. The third-order valence-corrected chi connectivity index (χ3v) is 6.08. The van der Waals surface area contributed by atoms with Crippen LogP contribution in [0.2, 0.25) is 0 Å². The molecule has 5 rings (SSSR count). The third-order valence-electron chi connectivity index (χ3n) is 6.08. The topological polar surface area (TPSA) is 67.2 Å². The number of nitrogens with zero attached hydrogens (tertiary/aromatic N) is 3. The highest BCUT2D eigenvalue weighted by molar-refractivity contribution is 6.00. The molecule has 1 N–H and O–H groups in total. The Bertz CT molecular complexity index is 1400. The summed E-state index contributed by atoms with van der Waals surface area (Å²) in [5.41, 5.74) is 2.69. The molecular formula is C26H21F3N4O2. The highest BCUT2D eigenvalue weighted by atomic mass is 19.3. The number of carbonyl (C=O) groups excluding carboxylic acids is 2. The summed E-state index contributed by atoms with van der Waals surface area (Å²) in [6, 6.07) is 18.7. The molecule has 2 atom stereocenters. The van der Waals surface area contributed by atoms with Crippen molar-refractivity contribution in [2.75, 3.05) is 4.90 Å². The van der Waals surface area contributed by atoms with E-state index in [1.54, 1.807) is 65.5 Å². The molecule has 2 unspecified atom stereocenters. The number of amides is 2. The molecular weight excluding hydrogens is 457 g/mol. The molecule has 9 heteroatoms. The molecule has 2 amide bonds. The fourth-order valence-corrected chi connectivity index (χ4v) is 4.45. The molecule has 0 aliphatic carbocycles. The molecule has 6 nitrogen and oxygen atoms in total. The highest BCUT2D eigenvalue weighted by Crippen LogP contribution is 2.39. The molecule has 1 saturated heterocycles. The van der Waals surface area contributed by atoms with Gasteiger partial charge in [-0.15, -0.1) is 0 Å². The Hall–Kier alpha value is -4.14. The van der Waals surface area contributed by atoms with Crippen LogP contribution < -0.4 is 10.2 Å². The molecule has 35 heavy (non-hydrogen) atoms. The van der Waals surface area contributed by atoms with Crippen molar-refractivity contribution in [2.24, 2.45) is 0 Å². The van der Waals surface area contributed by atoms with Gasteiger partial charge in [0.1, 0.15) is 5.82 Å². The lowest BCUT2D eigenvalue weighted by Gasteiger charge is -2.29. The van der Waals surface area contributed by atoms with Gasteiger partial charge in [-0.05, 0) is 48.0 Å². The van der Waals surface area contributed by atoms with E-state index in [1.165, 1.54) is 17.0 Å². The van der Waals surface area contributed by atoms with Crippen LogP contribution in [0.5, 0.6) is 0 Å². The lowest BCUT2D eigenvalue weighted by Crippen LogP contribution is -2.46. The van der Waals surface area contributed by atoms with Crippen molar-refractivity contribution in [1.82, 2.24) is 15.1 Å². The Kier molecular flexibility index (Phi) is 5.55. The van der Waals surface area contributed by atoms with E-state index in [2.05, 4.69) is 10.4 Å². The molecule has 1 aromatic heterocycles. The van der Waals surface area contributed by atoms with Gasteiger partial charge < -0.3 is 10.2 Å². The maximum atomic E-state index is 13.6. The van der Waals surface area contributed by atoms with Gasteiger partial charge in [-0.25, -0.2) is 9.07 Å². The SMILES string of the molecule is CC(F)(F)C(=O)NC1CC(=O)N(c2ccc3c(cnn3-c3ccc(F)cc3)c2)C1c1ccccc1. The van der Waals surface area contributed by atoms with Gasteiger partial charge in [-0.3, -0.25) is 9.59 Å². The first-order valence-electron chi connectivity index (χ1n) is 11.0. The number of benzene rings is 3. The number of fused-ring (bicyclic) bond motifs is 1. The second kappa shape index (κ2) is 8.57. The minimum absolute atomic E-state index is 0.117. The van der Waals surface area contributed by atoms with Crippen LogP contribution in [0, 0.1) is 5.82 Å². The van der Waals surface area contributed by atoms with Crippen molar-refractivity contribution in [3.05, 3.63) is 90.4 Å². The summed E-state index contributed by atoms with van der Waals surface area (Å²) in [6.45, 7) is 0.529. The lowest BCUT2D eigenvalue weighted by atomic mass is 9.99. The molecule has 0 bridgehead atoms. The number of hydrogen-bond acceptors (Lipinski definition) is 3. The van der Waals surface area contributed by atoms with Gasteiger partial charge in [0.2, 0.25) is 5.91 Å². The molecule has 0 radical (unpaired) electrons. The predicted molar refractivity (Wildman–Crippen MR) is 125 cm³/mol. The Balaban J connectivity index is 1.53. The van der Waals surface area contributed by atoms with Gasteiger partial charge in [0.25, 0.3) is 5.91 Å². The summed E-state index contributed by atoms with van der Waals surface area (Å²) in [6.07, 6.45) is 1.52. The van der Waals surface area contributed by atoms with Crippen LogP contribution in [0.4, 0.5) is 18.9 Å². The Labute approximate surface area is 199 Å². The van der Waals surface area contributed by atoms with E-state index in [0.717, 1.165) is 10.9 Å². The molecule has 1 aliphatic rings. The minimum atomic E-state index is -3.56. The highest BCUT2D eigenvalue weighted by Gasteiger charge is 2.45. The predicted octanol–water partition coefficient (Wildman–Crippen LogP) is 4.78. The van der Waals surface area contributed by atoms with E-state index in [1.807, 2.05) is 6.07 Å². The number of carbonyl (C=O) groups is 2. The summed E-state index contributed by atoms with van der Waals surface area (Å²) < 4.78 is 42.2.